The Hall–Kier alpha value is -1.66. The average Bonchev–Trinajstić information content (AvgIpc) is 3.19. The maximum atomic E-state index is 12.8. The molecule has 3 atom stereocenters. The number of nitrogens with one attached hydrogen (secondary N) is 2. The molecule has 1 aromatic rings. The van der Waals surface area contributed by atoms with Crippen molar-refractivity contribution >= 4 is 5.91 Å². The maximum absolute atomic E-state index is 12.8. The van der Waals surface area contributed by atoms with E-state index < -0.39 is 11.5 Å². The van der Waals surface area contributed by atoms with E-state index in [4.69, 9.17) is 0 Å². The van der Waals surface area contributed by atoms with Crippen LogP contribution >= 0.6 is 0 Å². The fourth-order valence-corrected chi connectivity index (χ4v) is 3.78. The van der Waals surface area contributed by atoms with Crippen molar-refractivity contribution < 1.29 is 9.90 Å². The Morgan fingerprint density at radius 1 is 1.50 bits per heavy atom. The smallest absolute Gasteiger partial charge is 0.230 e. The topological polar surface area (TPSA) is 79.2 Å². The lowest BCUT2D eigenvalue weighted by Gasteiger charge is -2.31. The Bertz CT molecular complexity index is 594. The Balaban J connectivity index is 1.58. The Kier molecular flexibility index (Phi) is 5.06. The second-order valence-corrected chi connectivity index (χ2v) is 7.52. The van der Waals surface area contributed by atoms with E-state index in [1.165, 1.54) is 5.57 Å². The molecule has 1 aliphatic heterocycles. The van der Waals surface area contributed by atoms with E-state index in [1.807, 2.05) is 30.8 Å². The first kappa shape index (κ1) is 17.2. The molecule has 6 nitrogen and oxygen atoms in total. The maximum Gasteiger partial charge on any atom is 0.230 e. The predicted molar refractivity (Wildman–Crippen MR) is 92.2 cm³/mol. The number of amides is 1. The number of carbonyl (C=O) groups excluding carboxylic acids is 1. The van der Waals surface area contributed by atoms with Crippen molar-refractivity contribution in [2.24, 2.45) is 11.3 Å². The van der Waals surface area contributed by atoms with Crippen molar-refractivity contribution in [3.05, 3.63) is 30.1 Å². The molecule has 1 aliphatic carbocycles. The minimum atomic E-state index is -0.526. The van der Waals surface area contributed by atoms with Crippen LogP contribution < -0.4 is 10.6 Å². The van der Waals surface area contributed by atoms with E-state index in [1.54, 1.807) is 6.20 Å². The lowest BCUT2D eigenvalue weighted by atomic mass is 9.80. The van der Waals surface area contributed by atoms with Gasteiger partial charge in [0, 0.05) is 25.5 Å². The van der Waals surface area contributed by atoms with Crippen molar-refractivity contribution in [2.75, 3.05) is 13.1 Å². The monoisotopic (exact) mass is 332 g/mol. The zero-order valence-corrected chi connectivity index (χ0v) is 14.5. The summed E-state index contributed by atoms with van der Waals surface area (Å²) in [6.45, 7) is 6.48. The molecule has 1 amide bonds. The van der Waals surface area contributed by atoms with Gasteiger partial charge >= 0.3 is 0 Å². The van der Waals surface area contributed by atoms with E-state index in [9.17, 15) is 9.90 Å². The molecule has 0 aromatic carbocycles. The van der Waals surface area contributed by atoms with Gasteiger partial charge in [0.25, 0.3) is 0 Å². The Labute approximate surface area is 143 Å². The highest BCUT2D eigenvalue weighted by atomic mass is 16.3. The summed E-state index contributed by atoms with van der Waals surface area (Å²) < 4.78 is 1.89. The van der Waals surface area contributed by atoms with Crippen molar-refractivity contribution in [3.63, 3.8) is 0 Å². The van der Waals surface area contributed by atoms with E-state index >= 15 is 0 Å². The number of aliphatic hydroxyl groups is 1. The van der Waals surface area contributed by atoms with Crippen LogP contribution in [0, 0.1) is 11.3 Å². The van der Waals surface area contributed by atoms with Gasteiger partial charge in [0.05, 0.1) is 17.6 Å². The van der Waals surface area contributed by atoms with Gasteiger partial charge in [-0.05, 0) is 51.6 Å². The van der Waals surface area contributed by atoms with Gasteiger partial charge < -0.3 is 15.7 Å². The SMILES string of the molecule is CC(C)(C(=O)N[C@@H]1CC(Cn2cccn2)C[C@H]1O)C1=CCNCC1. The highest BCUT2D eigenvalue weighted by molar-refractivity contribution is 5.85. The Morgan fingerprint density at radius 2 is 2.33 bits per heavy atom. The van der Waals surface area contributed by atoms with Crippen molar-refractivity contribution in [1.82, 2.24) is 20.4 Å². The number of aromatic nitrogens is 2. The summed E-state index contributed by atoms with van der Waals surface area (Å²) in [5, 5.41) is 20.9. The van der Waals surface area contributed by atoms with Gasteiger partial charge in [-0.25, -0.2) is 0 Å². The third-order valence-electron chi connectivity index (χ3n) is 5.38. The second kappa shape index (κ2) is 7.07. The van der Waals surface area contributed by atoms with Crippen molar-refractivity contribution in [3.8, 4) is 0 Å². The molecule has 1 fully saturated rings. The minimum absolute atomic E-state index is 0.0134. The fourth-order valence-electron chi connectivity index (χ4n) is 3.78. The second-order valence-electron chi connectivity index (χ2n) is 7.52. The molecule has 1 unspecified atom stereocenters. The molecule has 0 bridgehead atoms. The lowest BCUT2D eigenvalue weighted by molar-refractivity contribution is -0.129. The summed E-state index contributed by atoms with van der Waals surface area (Å²) in [7, 11) is 0. The standard InChI is InChI=1S/C18H28N4O2/c1-18(2,14-4-7-19-8-5-14)17(24)21-15-10-13(11-16(15)23)12-22-9-3-6-20-22/h3-4,6,9,13,15-16,19,23H,5,7-8,10-12H2,1-2H3,(H,21,24)/t13?,15-,16-/m1/s1. The quantitative estimate of drug-likeness (QED) is 0.705. The van der Waals surface area contributed by atoms with Crippen LogP contribution in [0.25, 0.3) is 0 Å². The van der Waals surface area contributed by atoms with Gasteiger partial charge in [-0.3, -0.25) is 9.48 Å². The molecule has 3 N–H and O–H groups in total. The molecular weight excluding hydrogens is 304 g/mol. The van der Waals surface area contributed by atoms with Crippen LogP contribution in [0.5, 0.6) is 0 Å². The summed E-state index contributed by atoms with van der Waals surface area (Å²) in [6.07, 6.45) is 7.74. The molecule has 0 radical (unpaired) electrons. The van der Waals surface area contributed by atoms with Crippen LogP contribution in [0.3, 0.4) is 0 Å². The number of nitrogens with zero attached hydrogens (tertiary/aromatic N) is 2. The summed E-state index contributed by atoms with van der Waals surface area (Å²) in [5.41, 5.74) is 0.654. The number of hydrogen-bond donors (Lipinski definition) is 3. The molecule has 0 saturated heterocycles. The summed E-state index contributed by atoms with van der Waals surface area (Å²) >= 11 is 0. The van der Waals surface area contributed by atoms with Gasteiger partial charge in [0.15, 0.2) is 0 Å². The van der Waals surface area contributed by atoms with E-state index in [2.05, 4.69) is 21.8 Å². The number of hydrogen-bond acceptors (Lipinski definition) is 4. The fraction of sp³-hybridized carbons (Fsp3) is 0.667. The number of carbonyl (C=O) groups is 1. The first-order valence-corrected chi connectivity index (χ1v) is 8.83. The summed E-state index contributed by atoms with van der Waals surface area (Å²) in [5.74, 6) is 0.353. The molecule has 2 aliphatic rings. The largest absolute Gasteiger partial charge is 0.391 e. The third kappa shape index (κ3) is 3.70. The van der Waals surface area contributed by atoms with Crippen LogP contribution in [0.2, 0.25) is 0 Å². The molecule has 2 heterocycles. The van der Waals surface area contributed by atoms with Crippen LogP contribution in [0.4, 0.5) is 0 Å². The first-order chi connectivity index (χ1) is 11.5. The molecule has 3 rings (SSSR count). The van der Waals surface area contributed by atoms with Crippen LogP contribution in [-0.4, -0.2) is 46.0 Å². The van der Waals surface area contributed by atoms with Crippen molar-refractivity contribution in [1.29, 1.82) is 0 Å². The zero-order valence-electron chi connectivity index (χ0n) is 14.5. The molecule has 1 saturated carbocycles. The average molecular weight is 332 g/mol. The van der Waals surface area contributed by atoms with E-state index in [0.29, 0.717) is 12.3 Å². The van der Waals surface area contributed by atoms with Crippen LogP contribution in [-0.2, 0) is 11.3 Å². The van der Waals surface area contributed by atoms with Crippen molar-refractivity contribution in [2.45, 2.75) is 51.8 Å². The van der Waals surface area contributed by atoms with Crippen LogP contribution in [0.15, 0.2) is 30.1 Å². The number of rotatable bonds is 5. The Morgan fingerprint density at radius 3 is 3.00 bits per heavy atom. The highest BCUT2D eigenvalue weighted by Gasteiger charge is 2.38. The van der Waals surface area contributed by atoms with Gasteiger partial charge in [-0.1, -0.05) is 11.6 Å². The van der Waals surface area contributed by atoms with Crippen LogP contribution in [0.1, 0.15) is 33.1 Å². The van der Waals surface area contributed by atoms with Gasteiger partial charge in [0.2, 0.25) is 5.91 Å². The summed E-state index contributed by atoms with van der Waals surface area (Å²) in [4.78, 5) is 12.8. The molecule has 6 heteroatoms. The predicted octanol–water partition coefficient (Wildman–Crippen LogP) is 1.08. The normalized spacial score (nSPS) is 27.8. The highest BCUT2D eigenvalue weighted by Crippen LogP contribution is 2.32. The van der Waals surface area contributed by atoms with E-state index in [-0.39, 0.29) is 11.9 Å². The molecule has 24 heavy (non-hydrogen) atoms. The van der Waals surface area contributed by atoms with E-state index in [0.717, 1.165) is 32.5 Å². The molecular formula is C18H28N4O2. The third-order valence-corrected chi connectivity index (χ3v) is 5.38. The van der Waals surface area contributed by atoms with Gasteiger partial charge in [-0.2, -0.15) is 5.10 Å². The first-order valence-electron chi connectivity index (χ1n) is 8.83. The summed E-state index contributed by atoms with van der Waals surface area (Å²) in [6, 6.07) is 1.74. The lowest BCUT2D eigenvalue weighted by Crippen LogP contribution is -2.47. The van der Waals surface area contributed by atoms with Gasteiger partial charge in [0.1, 0.15) is 0 Å². The number of aliphatic hydroxyl groups excluding tert-OH is 1. The molecule has 132 valence electrons. The minimum Gasteiger partial charge on any atom is -0.391 e. The molecule has 1 aromatic heterocycles. The zero-order chi connectivity index (χ0) is 17.2. The molecule has 0 spiro atoms. The van der Waals surface area contributed by atoms with Gasteiger partial charge in [-0.15, -0.1) is 0 Å².